The summed E-state index contributed by atoms with van der Waals surface area (Å²) in [6.45, 7) is 6.49. The fourth-order valence-corrected chi connectivity index (χ4v) is 5.56. The van der Waals surface area contributed by atoms with E-state index in [1.54, 1.807) is 17.0 Å². The number of aryl methyl sites for hydroxylation is 2. The van der Waals surface area contributed by atoms with Crippen LogP contribution in [0, 0.1) is 19.8 Å². The lowest BCUT2D eigenvalue weighted by Gasteiger charge is -2.30. The van der Waals surface area contributed by atoms with E-state index in [-0.39, 0.29) is 23.8 Å². The van der Waals surface area contributed by atoms with Gasteiger partial charge in [0.15, 0.2) is 6.61 Å². The van der Waals surface area contributed by atoms with E-state index in [1.807, 2.05) is 13.8 Å². The molecule has 30 heavy (non-hydrogen) atoms. The van der Waals surface area contributed by atoms with Gasteiger partial charge in [0.05, 0.1) is 11.0 Å². The zero-order valence-electron chi connectivity index (χ0n) is 17.7. The number of rotatable bonds is 5. The number of aliphatic hydroxyl groups is 1. The molecule has 2 aliphatic rings. The zero-order chi connectivity index (χ0) is 22.1. The van der Waals surface area contributed by atoms with Crippen molar-refractivity contribution in [1.82, 2.24) is 9.21 Å². The Labute approximate surface area is 177 Å². The molecule has 0 saturated carbocycles. The highest BCUT2D eigenvalue weighted by molar-refractivity contribution is 7.89. The first kappa shape index (κ1) is 22.7. The number of nitrogens with zero attached hydrogens (tertiary/aromatic N) is 2. The molecule has 2 heterocycles. The summed E-state index contributed by atoms with van der Waals surface area (Å²) >= 11 is 0. The third-order valence-electron chi connectivity index (χ3n) is 6.06. The molecule has 2 aliphatic heterocycles. The number of likely N-dealkylation sites (tertiary alicyclic amines) is 1. The third kappa shape index (κ3) is 4.84. The molecular weight excluding hydrogens is 408 g/mol. The first-order chi connectivity index (χ1) is 14.1. The molecular formula is C21H30N2O6S. The lowest BCUT2D eigenvalue weighted by Crippen LogP contribution is -2.44. The van der Waals surface area contributed by atoms with Crippen molar-refractivity contribution in [3.8, 4) is 0 Å². The molecule has 8 nitrogen and oxygen atoms in total. The van der Waals surface area contributed by atoms with Crippen molar-refractivity contribution in [2.75, 3.05) is 26.2 Å². The van der Waals surface area contributed by atoms with Crippen molar-refractivity contribution in [3.63, 3.8) is 0 Å². The molecule has 2 fully saturated rings. The molecule has 2 atom stereocenters. The van der Waals surface area contributed by atoms with Crippen molar-refractivity contribution in [2.24, 2.45) is 5.92 Å². The Morgan fingerprint density at radius 1 is 1.17 bits per heavy atom. The lowest BCUT2D eigenvalue weighted by atomic mass is 9.99. The van der Waals surface area contributed by atoms with Gasteiger partial charge in [-0.2, -0.15) is 4.31 Å². The highest BCUT2D eigenvalue weighted by atomic mass is 32.2. The Morgan fingerprint density at radius 3 is 2.47 bits per heavy atom. The number of ether oxygens (including phenoxy) is 1. The maximum absolute atomic E-state index is 13.1. The van der Waals surface area contributed by atoms with Crippen molar-refractivity contribution in [2.45, 2.75) is 57.1 Å². The molecule has 0 bridgehead atoms. The minimum Gasteiger partial charge on any atom is -0.454 e. The molecule has 2 unspecified atom stereocenters. The molecule has 1 N–H and O–H groups in total. The second-order valence-corrected chi connectivity index (χ2v) is 10.3. The van der Waals surface area contributed by atoms with Gasteiger partial charge < -0.3 is 14.7 Å². The molecule has 0 spiro atoms. The summed E-state index contributed by atoms with van der Waals surface area (Å²) in [5.41, 5.74) is 1.77. The molecule has 3 rings (SSSR count). The monoisotopic (exact) mass is 438 g/mol. The number of hydrogen-bond donors (Lipinski definition) is 1. The summed E-state index contributed by atoms with van der Waals surface area (Å²) in [5, 5.41) is 10.0. The number of piperidine rings is 1. The van der Waals surface area contributed by atoms with Crippen molar-refractivity contribution < 1.29 is 27.9 Å². The minimum absolute atomic E-state index is 0.0572. The second-order valence-electron chi connectivity index (χ2n) is 8.40. The van der Waals surface area contributed by atoms with Gasteiger partial charge in [-0.05, 0) is 55.9 Å². The number of benzene rings is 1. The number of carbonyl (C=O) groups is 2. The lowest BCUT2D eigenvalue weighted by molar-refractivity contribution is -0.155. The van der Waals surface area contributed by atoms with Crippen LogP contribution in [0.5, 0.6) is 0 Å². The minimum atomic E-state index is -3.99. The van der Waals surface area contributed by atoms with E-state index in [1.165, 1.54) is 6.07 Å². The summed E-state index contributed by atoms with van der Waals surface area (Å²) < 4.78 is 32.4. The molecule has 0 radical (unpaired) electrons. The summed E-state index contributed by atoms with van der Waals surface area (Å²) in [7, 11) is -3.99. The van der Waals surface area contributed by atoms with Crippen LogP contribution in [0.4, 0.5) is 0 Å². The molecule has 9 heteroatoms. The number of esters is 1. The van der Waals surface area contributed by atoms with Gasteiger partial charge in [-0.1, -0.05) is 13.0 Å². The van der Waals surface area contributed by atoms with Gasteiger partial charge in [-0.15, -0.1) is 0 Å². The summed E-state index contributed by atoms with van der Waals surface area (Å²) in [6.07, 6.45) is 0.800. The topological polar surface area (TPSA) is 104 Å². The summed E-state index contributed by atoms with van der Waals surface area (Å²) in [4.78, 5) is 26.7. The average Bonchev–Trinajstić information content (AvgIpc) is 3.11. The first-order valence-electron chi connectivity index (χ1n) is 10.3. The van der Waals surface area contributed by atoms with Crippen LogP contribution >= 0.6 is 0 Å². The maximum atomic E-state index is 13.1. The highest BCUT2D eigenvalue weighted by Crippen LogP contribution is 2.28. The summed E-state index contributed by atoms with van der Waals surface area (Å²) in [6, 6.07) is 3.60. The van der Waals surface area contributed by atoms with E-state index in [0.29, 0.717) is 19.0 Å². The number of sulfonamides is 1. The Kier molecular flexibility index (Phi) is 6.84. The van der Waals surface area contributed by atoms with Crippen molar-refractivity contribution in [3.05, 3.63) is 29.3 Å². The van der Waals surface area contributed by atoms with Crippen LogP contribution in [0.2, 0.25) is 0 Å². The van der Waals surface area contributed by atoms with Crippen LogP contribution in [0.1, 0.15) is 37.3 Å². The van der Waals surface area contributed by atoms with E-state index in [4.69, 9.17) is 4.74 Å². The van der Waals surface area contributed by atoms with Crippen LogP contribution in [0.15, 0.2) is 23.1 Å². The number of aliphatic hydroxyl groups excluding tert-OH is 1. The van der Waals surface area contributed by atoms with Crippen LogP contribution in [-0.4, -0.2) is 73.0 Å². The van der Waals surface area contributed by atoms with Crippen molar-refractivity contribution >= 4 is 21.9 Å². The van der Waals surface area contributed by atoms with Gasteiger partial charge in [-0.25, -0.2) is 8.42 Å². The van der Waals surface area contributed by atoms with E-state index in [9.17, 15) is 23.1 Å². The number of β-amino-alcohol motifs (C(OH)–C–C–N with tert-alkyl or cyclic N) is 1. The second kappa shape index (κ2) is 9.03. The molecule has 1 aromatic carbocycles. The van der Waals surface area contributed by atoms with Crippen molar-refractivity contribution in [1.29, 1.82) is 0 Å². The largest absolute Gasteiger partial charge is 0.454 e. The van der Waals surface area contributed by atoms with Crippen LogP contribution < -0.4 is 0 Å². The van der Waals surface area contributed by atoms with Gasteiger partial charge in [0.1, 0.15) is 6.04 Å². The van der Waals surface area contributed by atoms with Crippen LogP contribution in [0.3, 0.4) is 0 Å². The summed E-state index contributed by atoms with van der Waals surface area (Å²) in [5.74, 6) is -0.518. The van der Waals surface area contributed by atoms with Gasteiger partial charge in [0.2, 0.25) is 10.0 Å². The Balaban J connectivity index is 1.68. The van der Waals surface area contributed by atoms with E-state index in [2.05, 4.69) is 6.92 Å². The average molecular weight is 439 g/mol. The van der Waals surface area contributed by atoms with Gasteiger partial charge in [-0.3, -0.25) is 9.59 Å². The predicted octanol–water partition coefficient (Wildman–Crippen LogP) is 1.23. The predicted molar refractivity (Wildman–Crippen MR) is 110 cm³/mol. The molecule has 166 valence electrons. The highest BCUT2D eigenvalue weighted by Gasteiger charge is 2.44. The molecule has 2 saturated heterocycles. The number of hydrogen-bond acceptors (Lipinski definition) is 6. The third-order valence-corrected chi connectivity index (χ3v) is 7.94. The number of amides is 1. The van der Waals surface area contributed by atoms with Gasteiger partial charge in [0.25, 0.3) is 5.91 Å². The Hall–Kier alpha value is -1.97. The fourth-order valence-electron chi connectivity index (χ4n) is 3.85. The van der Waals surface area contributed by atoms with E-state index in [0.717, 1.165) is 28.3 Å². The van der Waals surface area contributed by atoms with Crippen LogP contribution in [-0.2, 0) is 24.3 Å². The fraction of sp³-hybridized carbons (Fsp3) is 0.619. The molecule has 0 aliphatic carbocycles. The first-order valence-corrected chi connectivity index (χ1v) is 11.7. The normalized spacial score (nSPS) is 23.5. The zero-order valence-corrected chi connectivity index (χ0v) is 18.5. The quantitative estimate of drug-likeness (QED) is 0.694. The number of carbonyl (C=O) groups excluding carboxylic acids is 2. The van der Waals surface area contributed by atoms with E-state index >= 15 is 0 Å². The maximum Gasteiger partial charge on any atom is 0.325 e. The molecule has 0 aromatic heterocycles. The molecule has 1 aromatic rings. The Bertz CT molecular complexity index is 908. The van der Waals surface area contributed by atoms with Gasteiger partial charge >= 0.3 is 5.97 Å². The van der Waals surface area contributed by atoms with E-state index < -0.39 is 34.7 Å². The molecule has 1 amide bonds. The van der Waals surface area contributed by atoms with Crippen LogP contribution in [0.25, 0.3) is 0 Å². The standard InChI is InChI=1S/C21H30N2O6S/c1-14-6-8-22(9-7-14)20(25)13-29-21(26)19-11-17(24)12-23(19)30(27,28)18-5-4-15(2)16(3)10-18/h4-5,10,14,17,19,24H,6-9,11-13H2,1-3H3. The SMILES string of the molecule is Cc1ccc(S(=O)(=O)N2CC(O)CC2C(=O)OCC(=O)N2CCC(C)CC2)cc1C. The van der Waals surface area contributed by atoms with Gasteiger partial charge in [0, 0.05) is 26.1 Å². The smallest absolute Gasteiger partial charge is 0.325 e. The Morgan fingerprint density at radius 2 is 1.83 bits per heavy atom.